The van der Waals surface area contributed by atoms with Crippen LogP contribution in [0.4, 0.5) is 0 Å². The van der Waals surface area contributed by atoms with Crippen LogP contribution in [0.5, 0.6) is 0 Å². The van der Waals surface area contributed by atoms with Crippen LogP contribution in [0.25, 0.3) is 0 Å². The minimum Gasteiger partial charge on any atom is -0.463 e. The quantitative estimate of drug-likeness (QED) is 0.228. The van der Waals surface area contributed by atoms with Crippen molar-refractivity contribution in [3.8, 4) is 0 Å². The van der Waals surface area contributed by atoms with Gasteiger partial charge in [-0.05, 0) is 41.5 Å². The number of carbonyl (C=O) groups excluding carboxylic acids is 2. The third-order valence-corrected chi connectivity index (χ3v) is 4.80. The van der Waals surface area contributed by atoms with Gasteiger partial charge in [0, 0.05) is 0 Å². The topological polar surface area (TPSA) is 98.8 Å². The van der Waals surface area contributed by atoms with E-state index in [2.05, 4.69) is 0 Å². The van der Waals surface area contributed by atoms with Crippen molar-refractivity contribution in [3.63, 3.8) is 0 Å². The Balaban J connectivity index is 3.90. The lowest BCUT2D eigenvalue weighted by molar-refractivity contribution is -0.156. The van der Waals surface area contributed by atoms with Gasteiger partial charge in [0.05, 0.1) is 75.4 Å². The fraction of sp³-hybridized carbons (Fsp3) is 0.923. The first-order valence-electron chi connectivity index (χ1n) is 12.8. The molecule has 9 nitrogen and oxygen atoms in total. The molecular weight excluding hydrogens is 456 g/mol. The smallest absolute Gasteiger partial charge is 0.308 e. The van der Waals surface area contributed by atoms with E-state index in [1.165, 1.54) is 0 Å². The summed E-state index contributed by atoms with van der Waals surface area (Å²) in [6.07, 6.45) is -0.936. The zero-order valence-electron chi connectivity index (χ0n) is 23.5. The molecule has 0 bridgehead atoms. The first-order valence-corrected chi connectivity index (χ1v) is 12.8. The molecule has 0 heterocycles. The molecule has 0 radical (unpaired) electrons. The first kappa shape index (κ1) is 33.7. The third-order valence-electron chi connectivity index (χ3n) is 4.80. The van der Waals surface area contributed by atoms with Crippen molar-refractivity contribution in [3.05, 3.63) is 0 Å². The van der Waals surface area contributed by atoms with Crippen molar-refractivity contribution in [1.82, 2.24) is 0 Å². The minimum atomic E-state index is -0.299. The van der Waals surface area contributed by atoms with Gasteiger partial charge in [0.2, 0.25) is 0 Å². The Morgan fingerprint density at radius 2 is 0.714 bits per heavy atom. The second kappa shape index (κ2) is 18.9. The second-order valence-electron chi connectivity index (χ2n) is 9.91. The fourth-order valence-electron chi connectivity index (χ4n) is 2.47. The molecule has 0 amide bonds. The summed E-state index contributed by atoms with van der Waals surface area (Å²) in [5.74, 6) is -0.753. The van der Waals surface area contributed by atoms with Crippen LogP contribution < -0.4 is 0 Å². The number of rotatable bonds is 20. The average molecular weight is 507 g/mol. The lowest BCUT2D eigenvalue weighted by atomic mass is 10.2. The predicted molar refractivity (Wildman–Crippen MR) is 133 cm³/mol. The zero-order valence-corrected chi connectivity index (χ0v) is 23.5. The van der Waals surface area contributed by atoms with Crippen molar-refractivity contribution >= 4 is 11.9 Å². The van der Waals surface area contributed by atoms with E-state index in [9.17, 15) is 9.59 Å². The fourth-order valence-corrected chi connectivity index (χ4v) is 2.47. The molecule has 0 rings (SSSR count). The van der Waals surface area contributed by atoms with Gasteiger partial charge in [-0.3, -0.25) is 9.59 Å². The van der Waals surface area contributed by atoms with Gasteiger partial charge in [0.15, 0.2) is 0 Å². The Labute approximate surface area is 212 Å². The molecule has 0 spiro atoms. The molecule has 0 saturated carbocycles. The summed E-state index contributed by atoms with van der Waals surface area (Å²) in [5.41, 5.74) is 0. The molecule has 6 unspecified atom stereocenters. The van der Waals surface area contributed by atoms with E-state index in [0.29, 0.717) is 33.0 Å². The minimum absolute atomic E-state index is 0.0990. The maximum atomic E-state index is 11.6. The number of ether oxygens (including phenoxy) is 7. The summed E-state index contributed by atoms with van der Waals surface area (Å²) in [4.78, 5) is 23.1. The summed E-state index contributed by atoms with van der Waals surface area (Å²) in [5, 5.41) is 0. The molecule has 0 aliphatic rings. The summed E-state index contributed by atoms with van der Waals surface area (Å²) in [6.45, 7) is 20.8. The lowest BCUT2D eigenvalue weighted by Gasteiger charge is -2.22. The molecule has 9 heteroatoms. The molecule has 0 fully saturated rings. The van der Waals surface area contributed by atoms with E-state index in [1.54, 1.807) is 27.7 Å². The van der Waals surface area contributed by atoms with E-state index < -0.39 is 0 Å². The van der Waals surface area contributed by atoms with E-state index in [0.717, 1.165) is 0 Å². The van der Waals surface area contributed by atoms with Crippen LogP contribution in [0.3, 0.4) is 0 Å². The normalized spacial score (nSPS) is 17.0. The summed E-state index contributed by atoms with van der Waals surface area (Å²) in [6, 6.07) is 0. The Morgan fingerprint density at radius 3 is 1.03 bits per heavy atom. The van der Waals surface area contributed by atoms with E-state index in [1.807, 2.05) is 41.5 Å². The molecule has 208 valence electrons. The van der Waals surface area contributed by atoms with Crippen LogP contribution in [0, 0.1) is 11.8 Å². The number of esters is 2. The molecule has 0 aromatic carbocycles. The summed E-state index contributed by atoms with van der Waals surface area (Å²) >= 11 is 0. The summed E-state index contributed by atoms with van der Waals surface area (Å²) < 4.78 is 39.2. The van der Waals surface area contributed by atoms with Crippen LogP contribution in [-0.4, -0.2) is 88.2 Å². The third kappa shape index (κ3) is 18.6. The largest absolute Gasteiger partial charge is 0.463 e. The average Bonchev–Trinajstić information content (AvgIpc) is 2.80. The van der Waals surface area contributed by atoms with Crippen LogP contribution in [-0.2, 0) is 42.7 Å². The molecule has 0 N–H and O–H groups in total. The first-order chi connectivity index (χ1) is 16.3. The molecule has 0 saturated heterocycles. The highest BCUT2D eigenvalue weighted by Gasteiger charge is 2.16. The van der Waals surface area contributed by atoms with Gasteiger partial charge in [-0.1, -0.05) is 27.7 Å². The molecule has 6 atom stereocenters. The zero-order chi connectivity index (χ0) is 27.0. The molecule has 0 aromatic rings. The predicted octanol–water partition coefficient (Wildman–Crippen LogP) is 3.80. The Kier molecular flexibility index (Phi) is 18.3. The van der Waals surface area contributed by atoms with Crippen molar-refractivity contribution in [2.75, 3.05) is 39.6 Å². The SMILES string of the molecule is CC(COC(=O)C(C)C)OCC(C)OCC(C)OCC(C)OCC(C)OCC(C)OC(=O)C(C)C. The number of hydrogen-bond acceptors (Lipinski definition) is 9. The highest BCUT2D eigenvalue weighted by molar-refractivity contribution is 5.71. The Bertz CT molecular complexity index is 567. The molecule has 0 aromatic heterocycles. The van der Waals surface area contributed by atoms with Crippen molar-refractivity contribution in [2.24, 2.45) is 11.8 Å². The van der Waals surface area contributed by atoms with E-state index in [4.69, 9.17) is 33.2 Å². The highest BCUT2D eigenvalue weighted by atomic mass is 16.6. The maximum Gasteiger partial charge on any atom is 0.308 e. The van der Waals surface area contributed by atoms with E-state index in [-0.39, 0.29) is 67.0 Å². The standard InChI is InChI=1S/C26H50O9/c1-17(2)25(27)34-15-23(9)32-13-21(7)30-11-19(5)29-12-20(6)31-14-22(8)33-16-24(10)35-26(28)18(3)4/h17-24H,11-16H2,1-10H3. The second-order valence-corrected chi connectivity index (χ2v) is 9.91. The lowest BCUT2D eigenvalue weighted by Crippen LogP contribution is -2.30. The number of hydrogen-bond donors (Lipinski definition) is 0. The van der Waals surface area contributed by atoms with Gasteiger partial charge in [-0.25, -0.2) is 0 Å². The van der Waals surface area contributed by atoms with Crippen molar-refractivity contribution in [2.45, 2.75) is 106 Å². The maximum absolute atomic E-state index is 11.6. The van der Waals surface area contributed by atoms with Gasteiger partial charge in [0.1, 0.15) is 12.7 Å². The molecule has 0 aliphatic carbocycles. The molecule has 0 aliphatic heterocycles. The molecular formula is C26H50O9. The van der Waals surface area contributed by atoms with Crippen LogP contribution in [0.2, 0.25) is 0 Å². The van der Waals surface area contributed by atoms with Gasteiger partial charge in [-0.2, -0.15) is 0 Å². The Morgan fingerprint density at radius 1 is 0.429 bits per heavy atom. The van der Waals surface area contributed by atoms with Gasteiger partial charge in [-0.15, -0.1) is 0 Å². The monoisotopic (exact) mass is 506 g/mol. The van der Waals surface area contributed by atoms with Crippen LogP contribution in [0.1, 0.15) is 69.2 Å². The number of carbonyl (C=O) groups is 2. The Hall–Kier alpha value is -1.26. The highest BCUT2D eigenvalue weighted by Crippen LogP contribution is 2.06. The van der Waals surface area contributed by atoms with Crippen LogP contribution in [0.15, 0.2) is 0 Å². The van der Waals surface area contributed by atoms with Gasteiger partial charge in [0.25, 0.3) is 0 Å². The van der Waals surface area contributed by atoms with E-state index >= 15 is 0 Å². The van der Waals surface area contributed by atoms with Crippen molar-refractivity contribution in [1.29, 1.82) is 0 Å². The van der Waals surface area contributed by atoms with Crippen LogP contribution >= 0.6 is 0 Å². The van der Waals surface area contributed by atoms with Gasteiger partial charge < -0.3 is 33.2 Å². The van der Waals surface area contributed by atoms with Crippen molar-refractivity contribution < 1.29 is 42.7 Å². The molecule has 35 heavy (non-hydrogen) atoms. The van der Waals surface area contributed by atoms with Gasteiger partial charge >= 0.3 is 11.9 Å². The summed E-state index contributed by atoms with van der Waals surface area (Å²) in [7, 11) is 0.